The van der Waals surface area contributed by atoms with Gasteiger partial charge in [-0.25, -0.2) is 8.78 Å². The molecule has 0 heterocycles. The third-order valence-electron chi connectivity index (χ3n) is 5.35. The number of benzene rings is 4. The molecule has 0 saturated carbocycles. The molecule has 4 nitrogen and oxygen atoms in total. The fourth-order valence-corrected chi connectivity index (χ4v) is 3.51. The highest BCUT2D eigenvalue weighted by molar-refractivity contribution is 6.07. The quantitative estimate of drug-likeness (QED) is 0.365. The van der Waals surface area contributed by atoms with Crippen LogP contribution in [0.15, 0.2) is 103 Å². The van der Waals surface area contributed by atoms with Crippen LogP contribution in [0.5, 0.6) is 0 Å². The first-order valence-corrected chi connectivity index (χ1v) is 10.8. The summed E-state index contributed by atoms with van der Waals surface area (Å²) in [5.41, 5.74) is 2.98. The van der Waals surface area contributed by atoms with Crippen molar-refractivity contribution in [2.45, 2.75) is 6.42 Å². The molecule has 170 valence electrons. The van der Waals surface area contributed by atoms with E-state index in [4.69, 9.17) is 0 Å². The number of rotatable bonds is 7. The fourth-order valence-electron chi connectivity index (χ4n) is 3.51. The van der Waals surface area contributed by atoms with Gasteiger partial charge in [-0.15, -0.1) is 0 Å². The van der Waals surface area contributed by atoms with E-state index in [1.807, 2.05) is 30.3 Å². The molecule has 0 radical (unpaired) electrons. The molecule has 1 N–H and O–H groups in total. The molecule has 6 heteroatoms. The number of nitrogens with one attached hydrogen (secondary N) is 1. The van der Waals surface area contributed by atoms with Crippen molar-refractivity contribution in [3.8, 4) is 0 Å². The summed E-state index contributed by atoms with van der Waals surface area (Å²) in [4.78, 5) is 27.3. The van der Waals surface area contributed by atoms with E-state index in [0.29, 0.717) is 35.5 Å². The van der Waals surface area contributed by atoms with Crippen molar-refractivity contribution < 1.29 is 18.4 Å². The Hall–Kier alpha value is -4.32. The van der Waals surface area contributed by atoms with Crippen LogP contribution in [0.25, 0.3) is 0 Å². The second kappa shape index (κ2) is 10.5. The zero-order chi connectivity index (χ0) is 23.9. The Bertz CT molecular complexity index is 1260. The lowest BCUT2D eigenvalue weighted by Gasteiger charge is -2.23. The number of amides is 2. The number of anilines is 2. The maximum Gasteiger partial charge on any atom is 0.258 e. The van der Waals surface area contributed by atoms with Crippen LogP contribution in [-0.2, 0) is 6.42 Å². The number of nitrogens with zero attached hydrogens (tertiary/aromatic N) is 1. The van der Waals surface area contributed by atoms with Crippen molar-refractivity contribution in [3.63, 3.8) is 0 Å². The first kappa shape index (κ1) is 22.9. The van der Waals surface area contributed by atoms with Gasteiger partial charge in [0, 0.05) is 29.0 Å². The highest BCUT2D eigenvalue weighted by Gasteiger charge is 2.18. The summed E-state index contributed by atoms with van der Waals surface area (Å²) in [7, 11) is 0. The molecule has 0 bridgehead atoms. The molecule has 0 spiro atoms. The van der Waals surface area contributed by atoms with Crippen LogP contribution in [0.4, 0.5) is 20.2 Å². The lowest BCUT2D eigenvalue weighted by molar-refractivity contribution is 0.0985. The van der Waals surface area contributed by atoms with Crippen LogP contribution < -0.4 is 10.2 Å². The molecule has 2 amide bonds. The Morgan fingerprint density at radius 3 is 1.82 bits per heavy atom. The molecule has 0 aromatic heterocycles. The monoisotopic (exact) mass is 456 g/mol. The number of carbonyl (C=O) groups excluding carboxylic acids is 2. The maximum atomic E-state index is 13.4. The predicted molar refractivity (Wildman–Crippen MR) is 129 cm³/mol. The van der Waals surface area contributed by atoms with Gasteiger partial charge in [-0.05, 0) is 84.8 Å². The molecular formula is C28H22F2N2O2. The van der Waals surface area contributed by atoms with Crippen molar-refractivity contribution in [3.05, 3.63) is 131 Å². The Morgan fingerprint density at radius 2 is 1.24 bits per heavy atom. The Labute approximate surface area is 196 Å². The third kappa shape index (κ3) is 5.72. The predicted octanol–water partition coefficient (Wildman–Crippen LogP) is 6.11. The number of hydrogen-bond acceptors (Lipinski definition) is 2. The summed E-state index contributed by atoms with van der Waals surface area (Å²) in [5, 5.41) is 2.76. The normalized spacial score (nSPS) is 10.5. The fraction of sp³-hybridized carbons (Fsp3) is 0.0714. The molecule has 34 heavy (non-hydrogen) atoms. The van der Waals surface area contributed by atoms with Gasteiger partial charge in [0.1, 0.15) is 11.6 Å². The van der Waals surface area contributed by atoms with E-state index in [0.717, 1.165) is 5.56 Å². The summed E-state index contributed by atoms with van der Waals surface area (Å²) in [6.45, 7) is 0.418. The van der Waals surface area contributed by atoms with Gasteiger partial charge in [0.2, 0.25) is 0 Å². The van der Waals surface area contributed by atoms with E-state index in [-0.39, 0.29) is 11.8 Å². The molecule has 0 fully saturated rings. The minimum absolute atomic E-state index is 0.251. The molecule has 0 atom stereocenters. The van der Waals surface area contributed by atoms with Crippen molar-refractivity contribution in [1.29, 1.82) is 0 Å². The van der Waals surface area contributed by atoms with Gasteiger partial charge < -0.3 is 10.2 Å². The number of hydrogen-bond donors (Lipinski definition) is 1. The zero-order valence-corrected chi connectivity index (χ0v) is 18.2. The van der Waals surface area contributed by atoms with Crippen LogP contribution in [0.3, 0.4) is 0 Å². The van der Waals surface area contributed by atoms with Crippen LogP contribution >= 0.6 is 0 Å². The van der Waals surface area contributed by atoms with E-state index in [1.165, 1.54) is 48.5 Å². The van der Waals surface area contributed by atoms with Crippen molar-refractivity contribution in [2.75, 3.05) is 16.8 Å². The second-order valence-corrected chi connectivity index (χ2v) is 7.71. The minimum Gasteiger partial charge on any atom is -0.322 e. The summed E-state index contributed by atoms with van der Waals surface area (Å²) < 4.78 is 26.4. The molecule has 0 aliphatic carbocycles. The molecule has 4 aromatic carbocycles. The number of halogens is 2. The number of carbonyl (C=O) groups is 2. The average Bonchev–Trinajstić information content (AvgIpc) is 2.86. The maximum absolute atomic E-state index is 13.4. The Kier molecular flexibility index (Phi) is 7.08. The van der Waals surface area contributed by atoms with Crippen LogP contribution in [0, 0.1) is 11.6 Å². The standard InChI is InChI=1S/C28H22F2N2O2/c29-23-10-6-21(7-11-23)27(33)31-25-14-16-26(17-15-25)32(19-18-20-4-2-1-3-5-20)28(34)22-8-12-24(30)13-9-22/h1-17H,18-19H2,(H,31,33). The summed E-state index contributed by atoms with van der Waals surface area (Å²) in [6.07, 6.45) is 0.636. The Balaban J connectivity index is 1.53. The lowest BCUT2D eigenvalue weighted by Crippen LogP contribution is -2.33. The van der Waals surface area contributed by atoms with Gasteiger partial charge in [-0.1, -0.05) is 30.3 Å². The molecule has 0 unspecified atom stereocenters. The van der Waals surface area contributed by atoms with E-state index >= 15 is 0 Å². The Morgan fingerprint density at radius 1 is 0.676 bits per heavy atom. The molecule has 0 aliphatic heterocycles. The van der Waals surface area contributed by atoms with Gasteiger partial charge in [-0.3, -0.25) is 9.59 Å². The van der Waals surface area contributed by atoms with Gasteiger partial charge in [0.15, 0.2) is 0 Å². The van der Waals surface area contributed by atoms with E-state index < -0.39 is 11.6 Å². The van der Waals surface area contributed by atoms with Crippen molar-refractivity contribution in [1.82, 2.24) is 0 Å². The van der Waals surface area contributed by atoms with Crippen molar-refractivity contribution in [2.24, 2.45) is 0 Å². The van der Waals surface area contributed by atoms with E-state index in [9.17, 15) is 18.4 Å². The SMILES string of the molecule is O=C(Nc1ccc(N(CCc2ccccc2)C(=O)c2ccc(F)cc2)cc1)c1ccc(F)cc1. The summed E-state index contributed by atoms with van der Waals surface area (Å²) >= 11 is 0. The second-order valence-electron chi connectivity index (χ2n) is 7.71. The largest absolute Gasteiger partial charge is 0.322 e. The van der Waals surface area contributed by atoms with Gasteiger partial charge in [0.05, 0.1) is 0 Å². The van der Waals surface area contributed by atoms with Crippen LogP contribution in [0.2, 0.25) is 0 Å². The summed E-state index contributed by atoms with van der Waals surface area (Å²) in [6, 6.07) is 27.4. The highest BCUT2D eigenvalue weighted by atomic mass is 19.1. The van der Waals surface area contributed by atoms with Gasteiger partial charge in [0.25, 0.3) is 11.8 Å². The van der Waals surface area contributed by atoms with Gasteiger partial charge in [-0.2, -0.15) is 0 Å². The third-order valence-corrected chi connectivity index (χ3v) is 5.35. The molecule has 0 saturated heterocycles. The molecule has 0 aliphatic rings. The first-order valence-electron chi connectivity index (χ1n) is 10.8. The zero-order valence-electron chi connectivity index (χ0n) is 18.2. The van der Waals surface area contributed by atoms with E-state index in [2.05, 4.69) is 5.32 Å². The van der Waals surface area contributed by atoms with Crippen LogP contribution in [0.1, 0.15) is 26.3 Å². The minimum atomic E-state index is -0.415. The summed E-state index contributed by atoms with van der Waals surface area (Å²) in [5.74, 6) is -1.44. The van der Waals surface area contributed by atoms with Crippen molar-refractivity contribution >= 4 is 23.2 Å². The smallest absolute Gasteiger partial charge is 0.258 e. The van der Waals surface area contributed by atoms with Gasteiger partial charge >= 0.3 is 0 Å². The van der Waals surface area contributed by atoms with E-state index in [1.54, 1.807) is 29.2 Å². The molecule has 4 rings (SSSR count). The molecule has 4 aromatic rings. The highest BCUT2D eigenvalue weighted by Crippen LogP contribution is 2.22. The molecular weight excluding hydrogens is 434 g/mol. The van der Waals surface area contributed by atoms with Crippen LogP contribution in [-0.4, -0.2) is 18.4 Å². The first-order chi connectivity index (χ1) is 16.5. The topological polar surface area (TPSA) is 49.4 Å². The average molecular weight is 456 g/mol. The lowest BCUT2D eigenvalue weighted by atomic mass is 10.1.